The van der Waals surface area contributed by atoms with Gasteiger partial charge in [0.05, 0.1) is 17.7 Å². The van der Waals surface area contributed by atoms with E-state index in [2.05, 4.69) is 28.6 Å². The summed E-state index contributed by atoms with van der Waals surface area (Å²) < 4.78 is 0. The van der Waals surface area contributed by atoms with Crippen molar-refractivity contribution < 1.29 is 24.3 Å². The van der Waals surface area contributed by atoms with Crippen molar-refractivity contribution in [2.45, 2.75) is 56.7 Å². The molecule has 0 saturated carbocycles. The SMILES string of the molecule is O=C(CS)NCCCCCCNC(=O)[C@@H]1C[C@@H]2C(=O)N[C@@H](Cc3ccccc3)C(=O)N2[C@@H]1c1ccc(O)cc1. The maximum Gasteiger partial charge on any atom is 0.246 e. The first kappa shape index (κ1) is 28.5. The molecule has 2 fully saturated rings. The van der Waals surface area contributed by atoms with Crippen LogP contribution in [0, 0.1) is 5.92 Å². The van der Waals surface area contributed by atoms with Gasteiger partial charge in [0.2, 0.25) is 23.6 Å². The molecule has 39 heavy (non-hydrogen) atoms. The Bertz CT molecular complexity index is 1160. The summed E-state index contributed by atoms with van der Waals surface area (Å²) in [5.41, 5.74) is 1.65. The minimum atomic E-state index is -0.730. The number of amides is 4. The number of unbranched alkanes of at least 4 members (excludes halogenated alkanes) is 3. The van der Waals surface area contributed by atoms with E-state index in [1.54, 1.807) is 17.0 Å². The van der Waals surface area contributed by atoms with Crippen molar-refractivity contribution in [3.8, 4) is 5.75 Å². The number of nitrogens with one attached hydrogen (secondary N) is 3. The Kier molecular flexibility index (Phi) is 9.86. The highest BCUT2D eigenvalue weighted by Gasteiger charge is 2.54. The quantitative estimate of drug-likeness (QED) is 0.204. The number of phenols is 1. The average Bonchev–Trinajstić information content (AvgIpc) is 3.35. The van der Waals surface area contributed by atoms with E-state index < -0.39 is 24.0 Å². The summed E-state index contributed by atoms with van der Waals surface area (Å²) in [6, 6.07) is 14.0. The molecule has 0 bridgehead atoms. The lowest BCUT2D eigenvalue weighted by Gasteiger charge is -2.38. The summed E-state index contributed by atoms with van der Waals surface area (Å²) in [5, 5.41) is 18.5. The molecule has 2 aromatic rings. The van der Waals surface area contributed by atoms with Crippen molar-refractivity contribution >= 4 is 36.3 Å². The van der Waals surface area contributed by atoms with Crippen LogP contribution in [-0.4, -0.2) is 64.6 Å². The Morgan fingerprint density at radius 2 is 1.62 bits per heavy atom. The maximum atomic E-state index is 13.7. The Morgan fingerprint density at radius 1 is 0.949 bits per heavy atom. The molecular weight excluding hydrogens is 516 g/mol. The van der Waals surface area contributed by atoms with Crippen LogP contribution in [0.2, 0.25) is 0 Å². The minimum Gasteiger partial charge on any atom is -0.508 e. The van der Waals surface area contributed by atoms with Crippen LogP contribution in [0.15, 0.2) is 54.6 Å². The van der Waals surface area contributed by atoms with Gasteiger partial charge in [0.25, 0.3) is 0 Å². The number of thiol groups is 1. The van der Waals surface area contributed by atoms with Crippen LogP contribution in [0.4, 0.5) is 0 Å². The number of carbonyl (C=O) groups is 4. The van der Waals surface area contributed by atoms with E-state index in [0.29, 0.717) is 25.1 Å². The molecule has 208 valence electrons. The Balaban J connectivity index is 1.41. The number of phenolic OH excluding ortho intramolecular Hbond substituents is 1. The van der Waals surface area contributed by atoms with E-state index in [1.807, 2.05) is 30.3 Å². The Morgan fingerprint density at radius 3 is 2.28 bits per heavy atom. The third kappa shape index (κ3) is 7.11. The summed E-state index contributed by atoms with van der Waals surface area (Å²) in [4.78, 5) is 53.1. The zero-order valence-electron chi connectivity index (χ0n) is 21.8. The van der Waals surface area contributed by atoms with E-state index in [1.165, 1.54) is 12.1 Å². The van der Waals surface area contributed by atoms with Gasteiger partial charge in [0.15, 0.2) is 0 Å². The molecule has 9 nitrogen and oxygen atoms in total. The molecule has 0 radical (unpaired) electrons. The molecule has 10 heteroatoms. The molecule has 0 spiro atoms. The fourth-order valence-corrected chi connectivity index (χ4v) is 5.55. The van der Waals surface area contributed by atoms with Crippen LogP contribution in [0.5, 0.6) is 5.75 Å². The van der Waals surface area contributed by atoms with Crippen LogP contribution in [0.1, 0.15) is 49.3 Å². The van der Waals surface area contributed by atoms with E-state index >= 15 is 0 Å². The zero-order valence-corrected chi connectivity index (χ0v) is 22.7. The van der Waals surface area contributed by atoms with Crippen LogP contribution in [-0.2, 0) is 25.6 Å². The first-order chi connectivity index (χ1) is 18.9. The fourth-order valence-electron chi connectivity index (χ4n) is 5.44. The van der Waals surface area contributed by atoms with Crippen molar-refractivity contribution in [3.63, 3.8) is 0 Å². The second-order valence-corrected chi connectivity index (χ2v) is 10.4. The number of aromatic hydroxyl groups is 1. The van der Waals surface area contributed by atoms with Gasteiger partial charge in [-0.05, 0) is 42.5 Å². The lowest BCUT2D eigenvalue weighted by molar-refractivity contribution is -0.149. The van der Waals surface area contributed by atoms with Crippen LogP contribution in [0.25, 0.3) is 0 Å². The number of piperazine rings is 1. The molecule has 2 heterocycles. The van der Waals surface area contributed by atoms with Crippen molar-refractivity contribution in [3.05, 3.63) is 65.7 Å². The van der Waals surface area contributed by atoms with E-state index in [9.17, 15) is 24.3 Å². The molecule has 4 atom stereocenters. The van der Waals surface area contributed by atoms with Gasteiger partial charge >= 0.3 is 0 Å². The summed E-state index contributed by atoms with van der Waals surface area (Å²) in [6.07, 6.45) is 4.07. The van der Waals surface area contributed by atoms with E-state index in [4.69, 9.17) is 0 Å². The second kappa shape index (κ2) is 13.5. The van der Waals surface area contributed by atoms with Crippen molar-refractivity contribution in [1.29, 1.82) is 0 Å². The standard InChI is InChI=1S/C29H36N4O5S/c34-21-12-10-20(11-13-21)26-22(27(36)31-15-7-2-1-6-14-30-25(35)18-39)17-24-28(37)32-23(29(38)33(24)26)16-19-8-4-3-5-9-19/h3-5,8-13,22-24,26,34,39H,1-2,6-7,14-18H2,(H,30,35)(H,31,36)(H,32,37)/t22-,23+,24-,26-/m1/s1. The van der Waals surface area contributed by atoms with E-state index in [0.717, 1.165) is 31.2 Å². The lowest BCUT2D eigenvalue weighted by Crippen LogP contribution is -2.62. The lowest BCUT2D eigenvalue weighted by atomic mass is 9.92. The molecular formula is C29H36N4O5S. The smallest absolute Gasteiger partial charge is 0.246 e. The van der Waals surface area contributed by atoms with Gasteiger partial charge in [-0.3, -0.25) is 19.2 Å². The maximum absolute atomic E-state index is 13.7. The van der Waals surface area contributed by atoms with Crippen molar-refractivity contribution in [2.75, 3.05) is 18.8 Å². The number of hydrogen-bond donors (Lipinski definition) is 5. The average molecular weight is 553 g/mol. The molecule has 2 aromatic carbocycles. The largest absolute Gasteiger partial charge is 0.508 e. The fraction of sp³-hybridized carbons (Fsp3) is 0.448. The monoisotopic (exact) mass is 552 g/mol. The number of nitrogens with zero attached hydrogens (tertiary/aromatic N) is 1. The van der Waals surface area contributed by atoms with Gasteiger partial charge in [0, 0.05) is 19.5 Å². The Hall–Kier alpha value is -3.53. The zero-order chi connectivity index (χ0) is 27.8. The number of fused-ring (bicyclic) bond motifs is 1. The van der Waals surface area contributed by atoms with Gasteiger partial charge < -0.3 is 26.0 Å². The minimum absolute atomic E-state index is 0.0831. The second-order valence-electron chi connectivity index (χ2n) is 10.1. The highest BCUT2D eigenvalue weighted by atomic mass is 32.1. The van der Waals surface area contributed by atoms with Gasteiger partial charge in [-0.25, -0.2) is 0 Å². The molecule has 4 N–H and O–H groups in total. The highest BCUT2D eigenvalue weighted by molar-refractivity contribution is 7.81. The van der Waals surface area contributed by atoms with Gasteiger partial charge in [0.1, 0.15) is 17.8 Å². The molecule has 0 aromatic heterocycles. The predicted octanol–water partition coefficient (Wildman–Crippen LogP) is 2.11. The number of benzene rings is 2. The van der Waals surface area contributed by atoms with Crippen LogP contribution >= 0.6 is 12.6 Å². The molecule has 2 saturated heterocycles. The molecule has 4 rings (SSSR count). The van der Waals surface area contributed by atoms with Crippen LogP contribution < -0.4 is 16.0 Å². The summed E-state index contributed by atoms with van der Waals surface area (Å²) in [6.45, 7) is 1.10. The van der Waals surface area contributed by atoms with Crippen molar-refractivity contribution in [1.82, 2.24) is 20.9 Å². The molecule has 2 aliphatic heterocycles. The summed E-state index contributed by atoms with van der Waals surface area (Å²) in [7, 11) is 0. The first-order valence-corrected chi connectivity index (χ1v) is 14.1. The third-order valence-electron chi connectivity index (χ3n) is 7.39. The normalized spacial score (nSPS) is 22.2. The van der Waals surface area contributed by atoms with Crippen LogP contribution in [0.3, 0.4) is 0 Å². The predicted molar refractivity (Wildman–Crippen MR) is 150 cm³/mol. The first-order valence-electron chi connectivity index (χ1n) is 13.5. The van der Waals surface area contributed by atoms with Gasteiger partial charge in [-0.15, -0.1) is 0 Å². The summed E-state index contributed by atoms with van der Waals surface area (Å²) in [5.74, 6) is -1.06. The number of carbonyl (C=O) groups excluding carboxylic acids is 4. The Labute approximate surface area is 234 Å². The number of rotatable bonds is 12. The molecule has 4 amide bonds. The van der Waals surface area contributed by atoms with E-state index in [-0.39, 0.29) is 41.6 Å². The molecule has 0 aliphatic carbocycles. The van der Waals surface area contributed by atoms with Gasteiger partial charge in [-0.1, -0.05) is 55.3 Å². The number of hydrogen-bond acceptors (Lipinski definition) is 6. The van der Waals surface area contributed by atoms with Crippen molar-refractivity contribution in [2.24, 2.45) is 5.92 Å². The third-order valence-corrected chi connectivity index (χ3v) is 7.68. The summed E-state index contributed by atoms with van der Waals surface area (Å²) >= 11 is 3.93. The molecule has 2 aliphatic rings. The topological polar surface area (TPSA) is 128 Å². The van der Waals surface area contributed by atoms with Gasteiger partial charge in [-0.2, -0.15) is 12.6 Å². The highest BCUT2D eigenvalue weighted by Crippen LogP contribution is 2.43. The molecule has 0 unspecified atom stereocenters.